The van der Waals surface area contributed by atoms with Crippen LogP contribution < -0.4 is 10.6 Å². The van der Waals surface area contributed by atoms with E-state index in [2.05, 4.69) is 55.8 Å². The first-order chi connectivity index (χ1) is 12.1. The van der Waals surface area contributed by atoms with Gasteiger partial charge in [-0.2, -0.15) is 0 Å². The van der Waals surface area contributed by atoms with Crippen LogP contribution in [0.2, 0.25) is 0 Å². The van der Waals surface area contributed by atoms with Gasteiger partial charge in [0.05, 0.1) is 0 Å². The highest BCUT2D eigenvalue weighted by atomic mass is 127. The smallest absolute Gasteiger partial charge is 0.244 e. The van der Waals surface area contributed by atoms with E-state index in [-0.39, 0.29) is 41.8 Å². The molecule has 144 valence electrons. The minimum atomic E-state index is 0. The Hall–Kier alpha value is -0.830. The SMILES string of the molecule is CCNC(=NCC(=O)N1CCCC1)NCC1(c2cccc(Br)c2)CC1.I. The van der Waals surface area contributed by atoms with Crippen molar-refractivity contribution in [2.45, 2.75) is 38.0 Å². The zero-order chi connectivity index (χ0) is 17.7. The molecule has 1 saturated carbocycles. The van der Waals surface area contributed by atoms with Crippen LogP contribution in [-0.4, -0.2) is 49.5 Å². The Bertz CT molecular complexity index is 642. The molecule has 1 amide bonds. The molecule has 0 spiro atoms. The summed E-state index contributed by atoms with van der Waals surface area (Å²) in [4.78, 5) is 18.6. The van der Waals surface area contributed by atoms with Gasteiger partial charge in [-0.05, 0) is 50.3 Å². The third-order valence-corrected chi connectivity index (χ3v) is 5.55. The van der Waals surface area contributed by atoms with E-state index in [9.17, 15) is 4.79 Å². The van der Waals surface area contributed by atoms with Crippen molar-refractivity contribution in [2.24, 2.45) is 4.99 Å². The molecule has 1 heterocycles. The van der Waals surface area contributed by atoms with Crippen molar-refractivity contribution in [1.82, 2.24) is 15.5 Å². The van der Waals surface area contributed by atoms with Gasteiger partial charge in [-0.1, -0.05) is 28.1 Å². The van der Waals surface area contributed by atoms with Crippen molar-refractivity contribution in [2.75, 3.05) is 32.7 Å². The number of nitrogens with zero attached hydrogens (tertiary/aromatic N) is 2. The number of carbonyl (C=O) groups excluding carboxylic acids is 1. The molecule has 1 aliphatic heterocycles. The first kappa shape index (κ1) is 21.5. The molecule has 0 unspecified atom stereocenters. The molecule has 1 aromatic carbocycles. The number of guanidine groups is 1. The quantitative estimate of drug-likeness (QED) is 0.334. The summed E-state index contributed by atoms with van der Waals surface area (Å²) < 4.78 is 1.12. The second-order valence-corrected chi connectivity index (χ2v) is 7.84. The molecule has 2 N–H and O–H groups in total. The largest absolute Gasteiger partial charge is 0.357 e. The third-order valence-electron chi connectivity index (χ3n) is 5.06. The number of halogens is 2. The van der Waals surface area contributed by atoms with Gasteiger partial charge in [0.1, 0.15) is 6.54 Å². The lowest BCUT2D eigenvalue weighted by molar-refractivity contribution is -0.128. The van der Waals surface area contributed by atoms with E-state index >= 15 is 0 Å². The summed E-state index contributed by atoms with van der Waals surface area (Å²) >= 11 is 3.56. The monoisotopic (exact) mass is 534 g/mol. The standard InChI is InChI=1S/C19H27BrN4O.HI/c1-2-21-18(22-13-17(25)24-10-3-4-11-24)23-14-19(8-9-19)15-6-5-7-16(20)12-15;/h5-7,12H,2-4,8-11,13-14H2,1H3,(H2,21,22,23);1H. The molecule has 26 heavy (non-hydrogen) atoms. The topological polar surface area (TPSA) is 56.7 Å². The molecule has 7 heteroatoms. The summed E-state index contributed by atoms with van der Waals surface area (Å²) in [6.45, 7) is 5.65. The fraction of sp³-hybridized carbons (Fsp3) is 0.579. The van der Waals surface area contributed by atoms with E-state index in [1.165, 1.54) is 18.4 Å². The molecule has 0 aromatic heterocycles. The second-order valence-electron chi connectivity index (χ2n) is 6.93. The Labute approximate surface area is 181 Å². The summed E-state index contributed by atoms with van der Waals surface area (Å²) in [6, 6.07) is 8.55. The lowest BCUT2D eigenvalue weighted by Gasteiger charge is -2.20. The van der Waals surface area contributed by atoms with Crippen LogP contribution in [0.5, 0.6) is 0 Å². The van der Waals surface area contributed by atoms with Crippen LogP contribution in [0.25, 0.3) is 0 Å². The van der Waals surface area contributed by atoms with Crippen molar-refractivity contribution in [3.05, 3.63) is 34.3 Å². The van der Waals surface area contributed by atoms with Gasteiger partial charge in [-0.25, -0.2) is 4.99 Å². The van der Waals surface area contributed by atoms with Crippen molar-refractivity contribution in [3.63, 3.8) is 0 Å². The van der Waals surface area contributed by atoms with E-state index < -0.39 is 0 Å². The third kappa shape index (κ3) is 5.58. The van der Waals surface area contributed by atoms with Crippen molar-refractivity contribution in [3.8, 4) is 0 Å². The predicted octanol–water partition coefficient (Wildman–Crippen LogP) is 3.28. The molecule has 0 atom stereocenters. The van der Waals surface area contributed by atoms with Gasteiger partial charge in [-0.3, -0.25) is 4.79 Å². The van der Waals surface area contributed by atoms with Crippen LogP contribution in [0.1, 0.15) is 38.2 Å². The highest BCUT2D eigenvalue weighted by Gasteiger charge is 2.44. The van der Waals surface area contributed by atoms with Crippen LogP contribution in [0.3, 0.4) is 0 Å². The number of carbonyl (C=O) groups is 1. The van der Waals surface area contributed by atoms with E-state index in [4.69, 9.17) is 0 Å². The van der Waals surface area contributed by atoms with Gasteiger partial charge in [0.2, 0.25) is 5.91 Å². The van der Waals surface area contributed by atoms with E-state index in [1.807, 2.05) is 11.8 Å². The number of hydrogen-bond acceptors (Lipinski definition) is 2. The highest BCUT2D eigenvalue weighted by Crippen LogP contribution is 2.48. The first-order valence-corrected chi connectivity index (χ1v) is 9.98. The number of likely N-dealkylation sites (tertiary alicyclic amines) is 1. The average molecular weight is 535 g/mol. The van der Waals surface area contributed by atoms with Gasteiger partial charge in [0.25, 0.3) is 0 Å². The molecular weight excluding hydrogens is 507 g/mol. The predicted molar refractivity (Wildman–Crippen MR) is 120 cm³/mol. The lowest BCUT2D eigenvalue weighted by Crippen LogP contribution is -2.42. The normalized spacial score (nSPS) is 18.2. The van der Waals surface area contributed by atoms with E-state index in [1.54, 1.807) is 0 Å². The zero-order valence-electron chi connectivity index (χ0n) is 15.3. The van der Waals surface area contributed by atoms with E-state index in [0.717, 1.165) is 49.5 Å². The lowest BCUT2D eigenvalue weighted by atomic mass is 9.96. The van der Waals surface area contributed by atoms with Crippen molar-refractivity contribution in [1.29, 1.82) is 0 Å². The van der Waals surface area contributed by atoms with Gasteiger partial charge < -0.3 is 15.5 Å². The number of nitrogens with one attached hydrogen (secondary N) is 2. The van der Waals surface area contributed by atoms with Gasteiger partial charge in [-0.15, -0.1) is 24.0 Å². The van der Waals surface area contributed by atoms with Gasteiger partial charge in [0.15, 0.2) is 5.96 Å². The second kappa shape index (κ2) is 9.92. The van der Waals surface area contributed by atoms with Gasteiger partial charge in [0, 0.05) is 36.1 Å². The number of aliphatic imine (C=N–C) groups is 1. The van der Waals surface area contributed by atoms with Crippen LogP contribution in [0.15, 0.2) is 33.7 Å². The van der Waals surface area contributed by atoms with Crippen LogP contribution in [0.4, 0.5) is 0 Å². The van der Waals surface area contributed by atoms with Crippen LogP contribution in [-0.2, 0) is 10.2 Å². The van der Waals surface area contributed by atoms with Crippen LogP contribution >= 0.6 is 39.9 Å². The summed E-state index contributed by atoms with van der Waals surface area (Å²) in [5.41, 5.74) is 1.55. The summed E-state index contributed by atoms with van der Waals surface area (Å²) in [7, 11) is 0. The Morgan fingerprint density at radius 2 is 2.00 bits per heavy atom. The van der Waals surface area contributed by atoms with E-state index in [0.29, 0.717) is 0 Å². The fourth-order valence-electron chi connectivity index (χ4n) is 3.34. The van der Waals surface area contributed by atoms with Gasteiger partial charge >= 0.3 is 0 Å². The van der Waals surface area contributed by atoms with Crippen LogP contribution in [0, 0.1) is 0 Å². The van der Waals surface area contributed by atoms with Crippen molar-refractivity contribution < 1.29 is 4.79 Å². The minimum absolute atomic E-state index is 0. The Morgan fingerprint density at radius 1 is 1.27 bits per heavy atom. The summed E-state index contributed by atoms with van der Waals surface area (Å²) in [5, 5.41) is 6.69. The zero-order valence-corrected chi connectivity index (χ0v) is 19.2. The Balaban J connectivity index is 0.00000243. The average Bonchev–Trinajstić information content (AvgIpc) is 3.20. The molecule has 3 rings (SSSR count). The molecule has 1 aliphatic carbocycles. The number of hydrogen-bond donors (Lipinski definition) is 2. The molecule has 2 fully saturated rings. The Morgan fingerprint density at radius 3 is 2.62 bits per heavy atom. The molecule has 0 bridgehead atoms. The van der Waals surface area contributed by atoms with Crippen molar-refractivity contribution >= 4 is 51.8 Å². The maximum Gasteiger partial charge on any atom is 0.244 e. The summed E-state index contributed by atoms with van der Waals surface area (Å²) in [6.07, 6.45) is 4.59. The highest BCUT2D eigenvalue weighted by molar-refractivity contribution is 14.0. The maximum absolute atomic E-state index is 12.2. The molecule has 5 nitrogen and oxygen atoms in total. The molecule has 0 radical (unpaired) electrons. The number of rotatable bonds is 6. The summed E-state index contributed by atoms with van der Waals surface area (Å²) in [5.74, 6) is 0.860. The molecule has 2 aliphatic rings. The maximum atomic E-state index is 12.2. The molecule has 1 aromatic rings. The first-order valence-electron chi connectivity index (χ1n) is 9.19. The Kier molecular flexibility index (Phi) is 8.19. The molecule has 1 saturated heterocycles. The number of benzene rings is 1. The number of amides is 1. The molecular formula is C19H28BrIN4O. The minimum Gasteiger partial charge on any atom is -0.357 e. The fourth-order valence-corrected chi connectivity index (χ4v) is 3.74.